The van der Waals surface area contributed by atoms with Gasteiger partial charge in [-0.2, -0.15) is 0 Å². The molecule has 0 saturated carbocycles. The lowest BCUT2D eigenvalue weighted by molar-refractivity contribution is 0.995. The Morgan fingerprint density at radius 3 is 1.23 bits per heavy atom. The molecular formula is C18H24N2P2. The molecule has 2 aromatic rings. The maximum atomic E-state index is 2.56. The fraction of sp³-hybridized carbons (Fsp3) is 0.333. The van der Waals surface area contributed by atoms with Gasteiger partial charge in [0.2, 0.25) is 0 Å². The van der Waals surface area contributed by atoms with Gasteiger partial charge in [-0.05, 0) is 38.1 Å². The highest BCUT2D eigenvalue weighted by molar-refractivity contribution is 7.40. The van der Waals surface area contributed by atoms with E-state index in [0.29, 0.717) is 0 Å². The SMILES string of the molecule is Cc1ccc(N2CPCN(c3ccc(C)cc3)CPC2)cc1. The van der Waals surface area contributed by atoms with Crippen LogP contribution >= 0.6 is 17.2 Å². The van der Waals surface area contributed by atoms with Crippen molar-refractivity contribution in [3.8, 4) is 0 Å². The molecule has 0 aliphatic carbocycles. The summed E-state index contributed by atoms with van der Waals surface area (Å²) in [6.07, 6.45) is 4.72. The van der Waals surface area contributed by atoms with Crippen LogP contribution in [-0.2, 0) is 0 Å². The molecule has 0 amide bonds. The van der Waals surface area contributed by atoms with Gasteiger partial charge in [0.1, 0.15) is 0 Å². The lowest BCUT2D eigenvalue weighted by atomic mass is 10.2. The van der Waals surface area contributed by atoms with Crippen molar-refractivity contribution in [1.82, 2.24) is 0 Å². The minimum atomic E-state index is 0.953. The van der Waals surface area contributed by atoms with E-state index < -0.39 is 0 Å². The predicted molar refractivity (Wildman–Crippen MR) is 103 cm³/mol. The molecule has 0 aromatic heterocycles. The first-order chi connectivity index (χ1) is 10.7. The van der Waals surface area contributed by atoms with Crippen molar-refractivity contribution >= 4 is 28.5 Å². The number of anilines is 2. The Morgan fingerprint density at radius 2 is 0.909 bits per heavy atom. The largest absolute Gasteiger partial charge is 0.364 e. The van der Waals surface area contributed by atoms with Crippen molar-refractivity contribution in [3.05, 3.63) is 59.7 Å². The number of nitrogens with zero attached hydrogens (tertiary/aromatic N) is 2. The molecule has 0 atom stereocenters. The van der Waals surface area contributed by atoms with Gasteiger partial charge in [-0.1, -0.05) is 52.6 Å². The Kier molecular flexibility index (Phi) is 5.34. The quantitative estimate of drug-likeness (QED) is 0.729. The highest BCUT2D eigenvalue weighted by atomic mass is 31.1. The van der Waals surface area contributed by atoms with Gasteiger partial charge in [0, 0.05) is 36.5 Å². The zero-order valence-corrected chi connectivity index (χ0v) is 15.3. The number of hydrogen-bond acceptors (Lipinski definition) is 2. The molecule has 3 rings (SSSR count). The number of hydrogen-bond donors (Lipinski definition) is 0. The monoisotopic (exact) mass is 330 g/mol. The second-order valence-electron chi connectivity index (χ2n) is 5.88. The van der Waals surface area contributed by atoms with Crippen LogP contribution in [0.15, 0.2) is 48.5 Å². The second-order valence-corrected chi connectivity index (χ2v) is 8.15. The average Bonchev–Trinajstić information content (AvgIpc) is 2.50. The van der Waals surface area contributed by atoms with E-state index in [1.807, 2.05) is 0 Å². The maximum absolute atomic E-state index is 2.56. The zero-order chi connectivity index (χ0) is 15.4. The summed E-state index contributed by atoms with van der Waals surface area (Å²) in [5.74, 6) is 0. The first-order valence-electron chi connectivity index (χ1n) is 7.77. The van der Waals surface area contributed by atoms with Crippen LogP contribution in [0.2, 0.25) is 0 Å². The van der Waals surface area contributed by atoms with E-state index in [0.717, 1.165) is 17.2 Å². The Hall–Kier alpha value is -1.10. The molecule has 22 heavy (non-hydrogen) atoms. The molecule has 4 heteroatoms. The highest BCUT2D eigenvalue weighted by Crippen LogP contribution is 2.32. The third kappa shape index (κ3) is 4.00. The molecule has 0 N–H and O–H groups in total. The fourth-order valence-electron chi connectivity index (χ4n) is 2.63. The van der Waals surface area contributed by atoms with Crippen LogP contribution in [0, 0.1) is 13.8 Å². The molecule has 0 radical (unpaired) electrons. The Labute approximate surface area is 137 Å². The number of benzene rings is 2. The van der Waals surface area contributed by atoms with E-state index in [2.05, 4.69) is 72.2 Å². The van der Waals surface area contributed by atoms with E-state index in [-0.39, 0.29) is 0 Å². The summed E-state index contributed by atoms with van der Waals surface area (Å²) < 4.78 is 0. The van der Waals surface area contributed by atoms with Gasteiger partial charge in [-0.3, -0.25) is 0 Å². The topological polar surface area (TPSA) is 6.48 Å². The van der Waals surface area contributed by atoms with Crippen LogP contribution in [0.25, 0.3) is 0 Å². The average molecular weight is 330 g/mol. The molecule has 2 nitrogen and oxygen atoms in total. The molecule has 0 unspecified atom stereocenters. The third-order valence-corrected chi connectivity index (χ3v) is 6.43. The van der Waals surface area contributed by atoms with E-state index in [1.165, 1.54) is 47.6 Å². The van der Waals surface area contributed by atoms with Crippen LogP contribution in [0.4, 0.5) is 11.4 Å². The first-order valence-corrected chi connectivity index (χ1v) is 10.6. The van der Waals surface area contributed by atoms with Crippen LogP contribution in [0.5, 0.6) is 0 Å². The Morgan fingerprint density at radius 1 is 0.591 bits per heavy atom. The number of aryl methyl sites for hydroxylation is 2. The van der Waals surface area contributed by atoms with Gasteiger partial charge in [0.25, 0.3) is 0 Å². The van der Waals surface area contributed by atoms with Crippen molar-refractivity contribution in [1.29, 1.82) is 0 Å². The summed E-state index contributed by atoms with van der Waals surface area (Å²) in [5.41, 5.74) is 5.45. The van der Waals surface area contributed by atoms with Crippen molar-refractivity contribution in [2.24, 2.45) is 0 Å². The molecule has 116 valence electrons. The van der Waals surface area contributed by atoms with E-state index in [1.54, 1.807) is 0 Å². The molecule has 2 aromatic carbocycles. The van der Waals surface area contributed by atoms with E-state index >= 15 is 0 Å². The molecule has 1 saturated heterocycles. The highest BCUT2D eigenvalue weighted by Gasteiger charge is 2.13. The van der Waals surface area contributed by atoms with Gasteiger partial charge in [0.05, 0.1) is 0 Å². The lowest BCUT2D eigenvalue weighted by Crippen LogP contribution is -2.29. The van der Waals surface area contributed by atoms with E-state index in [9.17, 15) is 0 Å². The van der Waals surface area contributed by atoms with Gasteiger partial charge in [-0.15, -0.1) is 0 Å². The summed E-state index contributed by atoms with van der Waals surface area (Å²) in [6, 6.07) is 18.0. The lowest BCUT2D eigenvalue weighted by Gasteiger charge is -2.33. The second kappa shape index (κ2) is 7.44. The normalized spacial score (nSPS) is 18.5. The Bertz CT molecular complexity index is 532. The van der Waals surface area contributed by atoms with Gasteiger partial charge < -0.3 is 9.80 Å². The van der Waals surface area contributed by atoms with Crippen molar-refractivity contribution in [2.45, 2.75) is 13.8 Å². The molecule has 0 spiro atoms. The summed E-state index contributed by atoms with van der Waals surface area (Å²) >= 11 is 0. The standard InChI is InChI=1S/C18H24N2P2/c1-15-3-7-17(8-4-15)19-11-21-13-20(14-22-12-19)18-9-5-16(2)6-10-18/h3-10,21-22H,11-14H2,1-2H3. The third-order valence-electron chi connectivity index (χ3n) is 4.01. The maximum Gasteiger partial charge on any atom is 0.0372 e. The summed E-state index contributed by atoms with van der Waals surface area (Å²) in [4.78, 5) is 5.12. The van der Waals surface area contributed by atoms with Gasteiger partial charge in [-0.25, -0.2) is 0 Å². The first kappa shape index (κ1) is 15.8. The molecule has 1 aliphatic heterocycles. The fourth-order valence-corrected chi connectivity index (χ4v) is 5.53. The number of rotatable bonds is 2. The zero-order valence-electron chi connectivity index (χ0n) is 13.3. The van der Waals surface area contributed by atoms with E-state index in [4.69, 9.17) is 0 Å². The molecule has 1 heterocycles. The van der Waals surface area contributed by atoms with Crippen molar-refractivity contribution in [2.75, 3.05) is 34.9 Å². The van der Waals surface area contributed by atoms with Crippen LogP contribution < -0.4 is 9.80 Å². The van der Waals surface area contributed by atoms with Crippen molar-refractivity contribution < 1.29 is 0 Å². The van der Waals surface area contributed by atoms with Crippen molar-refractivity contribution in [3.63, 3.8) is 0 Å². The minimum absolute atomic E-state index is 0.953. The van der Waals surface area contributed by atoms with Crippen LogP contribution in [-0.4, -0.2) is 25.1 Å². The summed E-state index contributed by atoms with van der Waals surface area (Å²) in [5, 5.41) is 0. The molecule has 1 fully saturated rings. The van der Waals surface area contributed by atoms with Crippen LogP contribution in [0.3, 0.4) is 0 Å². The van der Waals surface area contributed by atoms with Gasteiger partial charge >= 0.3 is 0 Å². The van der Waals surface area contributed by atoms with Crippen LogP contribution in [0.1, 0.15) is 11.1 Å². The minimum Gasteiger partial charge on any atom is -0.364 e. The van der Waals surface area contributed by atoms with Gasteiger partial charge in [0.15, 0.2) is 0 Å². The summed E-state index contributed by atoms with van der Waals surface area (Å²) in [6.45, 7) is 4.31. The smallest absolute Gasteiger partial charge is 0.0372 e. The predicted octanol–water partition coefficient (Wildman–Crippen LogP) is 4.82. The summed E-state index contributed by atoms with van der Waals surface area (Å²) in [7, 11) is 1.91. The molecule has 1 aliphatic rings. The molecular weight excluding hydrogens is 306 g/mol. The Balaban J connectivity index is 1.62. The molecule has 0 bridgehead atoms.